The lowest BCUT2D eigenvalue weighted by Crippen LogP contribution is -2.59. The third kappa shape index (κ3) is 5.42. The number of carbonyl (C=O) groups is 1. The number of carbonyl (C=O) groups excluding carboxylic acids is 1. The molecule has 188 valence electrons. The average molecular weight is 473 g/mol. The second kappa shape index (κ2) is 10.6. The Kier molecular flexibility index (Phi) is 7.46. The van der Waals surface area contributed by atoms with Gasteiger partial charge in [-0.15, -0.1) is 0 Å². The molecule has 0 spiro atoms. The van der Waals surface area contributed by atoms with Crippen molar-refractivity contribution in [1.29, 1.82) is 0 Å². The number of piperidine rings is 1. The summed E-state index contributed by atoms with van der Waals surface area (Å²) in [5, 5.41) is 3.58. The fourth-order valence-corrected chi connectivity index (χ4v) is 7.06. The minimum atomic E-state index is -0.0809. The van der Waals surface area contributed by atoms with Gasteiger partial charge in [-0.1, -0.05) is 67.4 Å². The number of nitrogens with one attached hydrogen (secondary N) is 1. The van der Waals surface area contributed by atoms with Gasteiger partial charge in [-0.25, -0.2) is 0 Å². The van der Waals surface area contributed by atoms with Crippen LogP contribution < -0.4 is 5.32 Å². The summed E-state index contributed by atoms with van der Waals surface area (Å²) in [7, 11) is 0. The predicted molar refractivity (Wildman–Crippen MR) is 145 cm³/mol. The van der Waals surface area contributed by atoms with Gasteiger partial charge in [-0.05, 0) is 100 Å². The molecule has 3 heteroatoms. The van der Waals surface area contributed by atoms with Gasteiger partial charge in [-0.2, -0.15) is 0 Å². The molecule has 0 aromatic heterocycles. The van der Waals surface area contributed by atoms with Crippen molar-refractivity contribution in [1.82, 2.24) is 10.2 Å². The monoisotopic (exact) mass is 472 g/mol. The summed E-state index contributed by atoms with van der Waals surface area (Å²) in [6.07, 6.45) is 9.80. The summed E-state index contributed by atoms with van der Waals surface area (Å²) >= 11 is 0. The number of fused-ring (bicyclic) bond motifs is 4. The lowest BCUT2D eigenvalue weighted by molar-refractivity contribution is -0.119. The molecular weight excluding hydrogens is 428 g/mol. The number of hydrogen-bond donors (Lipinski definition) is 1. The van der Waals surface area contributed by atoms with Crippen LogP contribution in [0, 0.1) is 18.8 Å². The maximum atomic E-state index is 12.3. The van der Waals surface area contributed by atoms with E-state index < -0.39 is 0 Å². The van der Waals surface area contributed by atoms with E-state index in [4.69, 9.17) is 0 Å². The molecular formula is C32H44N2O. The van der Waals surface area contributed by atoms with Gasteiger partial charge in [-0.3, -0.25) is 9.69 Å². The molecule has 2 fully saturated rings. The maximum Gasteiger partial charge on any atom is 0.147 e. The zero-order valence-electron chi connectivity index (χ0n) is 22.1. The fraction of sp³-hybridized carbons (Fsp3) is 0.594. The lowest BCUT2D eigenvalue weighted by Gasteiger charge is -2.56. The number of benzene rings is 2. The van der Waals surface area contributed by atoms with Gasteiger partial charge < -0.3 is 5.32 Å². The Morgan fingerprint density at radius 2 is 1.94 bits per heavy atom. The highest BCUT2D eigenvalue weighted by Gasteiger charge is 2.51. The summed E-state index contributed by atoms with van der Waals surface area (Å²) < 4.78 is 0. The molecule has 35 heavy (non-hydrogen) atoms. The highest BCUT2D eigenvalue weighted by atomic mass is 16.1. The van der Waals surface area contributed by atoms with Crippen molar-refractivity contribution >= 4 is 5.78 Å². The second-order valence-corrected chi connectivity index (χ2v) is 11.8. The third-order valence-electron chi connectivity index (χ3n) is 9.40. The summed E-state index contributed by atoms with van der Waals surface area (Å²) in [5.41, 5.74) is 6.21. The van der Waals surface area contributed by atoms with E-state index in [1.54, 1.807) is 18.1 Å². The zero-order valence-corrected chi connectivity index (χ0v) is 22.1. The van der Waals surface area contributed by atoms with E-state index in [0.717, 1.165) is 25.3 Å². The molecule has 1 saturated heterocycles. The quantitative estimate of drug-likeness (QED) is 0.415. The average Bonchev–Trinajstić information content (AvgIpc) is 3.66. The molecule has 1 heterocycles. The Bertz CT molecular complexity index is 1010. The van der Waals surface area contributed by atoms with Gasteiger partial charge in [0.1, 0.15) is 5.78 Å². The molecule has 5 rings (SSSR count). The molecule has 0 unspecified atom stereocenters. The molecule has 2 aromatic rings. The first kappa shape index (κ1) is 24.7. The molecule has 2 aromatic carbocycles. The van der Waals surface area contributed by atoms with Crippen LogP contribution >= 0.6 is 0 Å². The lowest BCUT2D eigenvalue weighted by atomic mass is 9.56. The van der Waals surface area contributed by atoms with E-state index in [-0.39, 0.29) is 11.8 Å². The number of likely N-dealkylation sites (tertiary alicyclic amines) is 1. The van der Waals surface area contributed by atoms with E-state index in [1.165, 1.54) is 62.7 Å². The van der Waals surface area contributed by atoms with Crippen LogP contribution in [0.25, 0.3) is 0 Å². The Hall–Kier alpha value is -1.97. The Morgan fingerprint density at radius 3 is 2.69 bits per heavy atom. The van der Waals surface area contributed by atoms with Crippen LogP contribution in [0.3, 0.4) is 0 Å². The van der Waals surface area contributed by atoms with E-state index in [9.17, 15) is 4.79 Å². The Balaban J connectivity index is 1.23. The van der Waals surface area contributed by atoms with Gasteiger partial charge in [0.05, 0.1) is 6.04 Å². The minimum Gasteiger partial charge on any atom is -0.307 e. The van der Waals surface area contributed by atoms with Crippen LogP contribution in [0.1, 0.15) is 74.6 Å². The second-order valence-electron chi connectivity index (χ2n) is 11.8. The van der Waals surface area contributed by atoms with Crippen molar-refractivity contribution in [2.24, 2.45) is 11.8 Å². The molecule has 1 N–H and O–H groups in total. The van der Waals surface area contributed by atoms with E-state index in [0.29, 0.717) is 17.4 Å². The number of ketones is 1. The first-order valence-electron chi connectivity index (χ1n) is 14.1. The summed E-state index contributed by atoms with van der Waals surface area (Å²) in [5.74, 6) is 1.91. The highest BCUT2D eigenvalue weighted by molar-refractivity contribution is 5.81. The van der Waals surface area contributed by atoms with Crippen molar-refractivity contribution in [3.63, 3.8) is 0 Å². The SMILES string of the molecule is CC(=O)[C@H](Cc1ccccc1)NCCCC[C@]12CCN(CC3CC3)[C@H](Cc3ccc(C)cc31)[C@@H]2C. The summed E-state index contributed by atoms with van der Waals surface area (Å²) in [4.78, 5) is 15.1. The van der Waals surface area contributed by atoms with E-state index >= 15 is 0 Å². The van der Waals surface area contributed by atoms with Crippen LogP contribution in [0.15, 0.2) is 48.5 Å². The number of hydrogen-bond acceptors (Lipinski definition) is 3. The highest BCUT2D eigenvalue weighted by Crippen LogP contribution is 2.52. The molecule has 0 amide bonds. The number of unbranched alkanes of at least 4 members (excludes halogenated alkanes) is 1. The largest absolute Gasteiger partial charge is 0.307 e. The van der Waals surface area contributed by atoms with Crippen LogP contribution in [0.2, 0.25) is 0 Å². The van der Waals surface area contributed by atoms with Gasteiger partial charge in [0.15, 0.2) is 0 Å². The van der Waals surface area contributed by atoms with Gasteiger partial charge in [0.2, 0.25) is 0 Å². The minimum absolute atomic E-state index is 0.0809. The van der Waals surface area contributed by atoms with Crippen molar-refractivity contribution in [3.05, 3.63) is 70.8 Å². The molecule has 2 bridgehead atoms. The Morgan fingerprint density at radius 1 is 1.14 bits per heavy atom. The molecule has 3 aliphatic rings. The van der Waals surface area contributed by atoms with Crippen molar-refractivity contribution in [3.8, 4) is 0 Å². The molecule has 3 nitrogen and oxygen atoms in total. The van der Waals surface area contributed by atoms with E-state index in [1.807, 2.05) is 6.07 Å². The smallest absolute Gasteiger partial charge is 0.147 e. The molecule has 2 aliphatic carbocycles. The van der Waals surface area contributed by atoms with Crippen molar-refractivity contribution in [2.45, 2.75) is 89.6 Å². The number of aryl methyl sites for hydroxylation is 1. The third-order valence-corrected chi connectivity index (χ3v) is 9.40. The summed E-state index contributed by atoms with van der Waals surface area (Å²) in [6, 6.07) is 18.3. The molecule has 0 radical (unpaired) electrons. The maximum absolute atomic E-state index is 12.3. The van der Waals surface area contributed by atoms with Crippen LogP contribution in [-0.2, 0) is 23.1 Å². The number of rotatable bonds is 11. The van der Waals surface area contributed by atoms with Gasteiger partial charge in [0, 0.05) is 18.0 Å². The molecule has 1 saturated carbocycles. The van der Waals surface area contributed by atoms with Crippen LogP contribution in [0.5, 0.6) is 0 Å². The number of Topliss-reactive ketones (excluding diaryl/α,β-unsaturated/α-hetero) is 1. The van der Waals surface area contributed by atoms with Crippen molar-refractivity contribution < 1.29 is 4.79 Å². The Labute approximate surface area is 212 Å². The molecule has 1 aliphatic heterocycles. The zero-order chi connectivity index (χ0) is 24.4. The summed E-state index contributed by atoms with van der Waals surface area (Å²) in [6.45, 7) is 10.0. The topological polar surface area (TPSA) is 32.3 Å². The van der Waals surface area contributed by atoms with Gasteiger partial charge >= 0.3 is 0 Å². The normalized spacial score (nSPS) is 26.8. The van der Waals surface area contributed by atoms with Crippen LogP contribution in [0.4, 0.5) is 0 Å². The fourth-order valence-electron chi connectivity index (χ4n) is 7.06. The van der Waals surface area contributed by atoms with Crippen molar-refractivity contribution in [2.75, 3.05) is 19.6 Å². The van der Waals surface area contributed by atoms with Gasteiger partial charge in [0.25, 0.3) is 0 Å². The predicted octanol–water partition coefficient (Wildman–Crippen LogP) is 5.87. The first-order chi connectivity index (χ1) is 17.0. The standard InChI is InChI=1S/C32H44N2O/c1-23-11-14-28-21-31-24(2)32(29(28)19-23,16-18-34(31)22-27-12-13-27)15-7-8-17-33-30(25(3)35)20-26-9-5-4-6-10-26/h4-6,9-11,14,19,24,27,30-31,33H,7-8,12-13,15-18,20-22H2,1-3H3/t24-,30-,31+,32+/m0/s1. The molecule has 4 atom stereocenters. The van der Waals surface area contributed by atoms with E-state index in [2.05, 4.69) is 66.5 Å². The number of nitrogens with zero attached hydrogens (tertiary/aromatic N) is 1. The van der Waals surface area contributed by atoms with Crippen LogP contribution in [-0.4, -0.2) is 42.4 Å². The first-order valence-corrected chi connectivity index (χ1v) is 14.1.